The zero-order valence-corrected chi connectivity index (χ0v) is 22.8. The molecule has 1 aliphatic heterocycles. The smallest absolute Gasteiger partial charge is 0.407 e. The summed E-state index contributed by atoms with van der Waals surface area (Å²) in [6.07, 6.45) is 2.54. The molecule has 0 aromatic carbocycles. The number of ether oxygens (including phenoxy) is 1. The Kier molecular flexibility index (Phi) is 7.77. The van der Waals surface area contributed by atoms with Crippen LogP contribution in [0.2, 0.25) is 0 Å². The Bertz CT molecular complexity index is 1620. The van der Waals surface area contributed by atoms with Gasteiger partial charge in [0, 0.05) is 32.4 Å². The molecule has 0 saturated carbocycles. The van der Waals surface area contributed by atoms with Crippen molar-refractivity contribution in [2.24, 2.45) is 7.05 Å². The lowest BCUT2D eigenvalue weighted by atomic mass is 10.1. The maximum atomic E-state index is 13.8. The number of aromatic nitrogens is 5. The van der Waals surface area contributed by atoms with E-state index in [-0.39, 0.29) is 36.0 Å². The van der Waals surface area contributed by atoms with Crippen molar-refractivity contribution in [3.8, 4) is 17.9 Å². The number of nitrogens with one attached hydrogen (secondary N) is 1. The molecule has 4 heterocycles. The Morgan fingerprint density at radius 3 is 2.74 bits per heavy atom. The Morgan fingerprint density at radius 1 is 1.28 bits per heavy atom. The van der Waals surface area contributed by atoms with E-state index < -0.39 is 22.9 Å². The number of hydrogen-bond acceptors (Lipinski definition) is 8. The Labute approximate surface area is 225 Å². The molecule has 1 fully saturated rings. The standard InChI is InChI=1S/C27H32N8O4/c1-6-7-13-34-21-22(31-24(34)33-12-8-9-19(17-33)30-25(37)39-27(2,3)4)32(5)26(38)35(23(21)36)16-18-10-11-29-20(14-18)15-28/h10-11,14,19H,8-9,12-13,16-17H2,1-5H3,(H,30,37)/t19-/m1/s1. The van der Waals surface area contributed by atoms with Gasteiger partial charge in [-0.3, -0.25) is 18.5 Å². The van der Waals surface area contributed by atoms with Gasteiger partial charge >= 0.3 is 11.8 Å². The molecule has 1 aliphatic rings. The van der Waals surface area contributed by atoms with E-state index in [2.05, 4.69) is 22.1 Å². The van der Waals surface area contributed by atoms with Crippen molar-refractivity contribution in [3.63, 3.8) is 0 Å². The molecule has 12 nitrogen and oxygen atoms in total. The van der Waals surface area contributed by atoms with Crippen LogP contribution in [-0.2, 0) is 24.9 Å². The molecule has 1 N–H and O–H groups in total. The number of nitrogens with zero attached hydrogens (tertiary/aromatic N) is 7. The lowest BCUT2D eigenvalue weighted by Gasteiger charge is -2.34. The minimum atomic E-state index is -0.609. The summed E-state index contributed by atoms with van der Waals surface area (Å²) in [6, 6.07) is 5.00. The van der Waals surface area contributed by atoms with Gasteiger partial charge in [-0.25, -0.2) is 14.6 Å². The first kappa shape index (κ1) is 27.5. The first-order valence-corrected chi connectivity index (χ1v) is 12.7. The summed E-state index contributed by atoms with van der Waals surface area (Å²) in [5.74, 6) is 6.38. The summed E-state index contributed by atoms with van der Waals surface area (Å²) in [5, 5.41) is 12.1. The number of piperidine rings is 1. The topological polar surface area (TPSA) is 140 Å². The molecular weight excluding hydrogens is 500 g/mol. The third-order valence-corrected chi connectivity index (χ3v) is 6.33. The van der Waals surface area contributed by atoms with Crippen molar-refractivity contribution in [3.05, 3.63) is 50.4 Å². The number of fused-ring (bicyclic) bond motifs is 1. The summed E-state index contributed by atoms with van der Waals surface area (Å²) in [5.41, 5.74) is -0.322. The maximum absolute atomic E-state index is 13.8. The largest absolute Gasteiger partial charge is 0.444 e. The summed E-state index contributed by atoms with van der Waals surface area (Å²) in [6.45, 7) is 8.43. The summed E-state index contributed by atoms with van der Waals surface area (Å²) < 4.78 is 9.62. The number of pyridine rings is 1. The molecule has 204 valence electrons. The molecule has 0 spiro atoms. The number of amides is 1. The number of aryl methyl sites for hydroxylation is 1. The highest BCUT2D eigenvalue weighted by Crippen LogP contribution is 2.23. The molecule has 0 aliphatic carbocycles. The molecule has 3 aromatic rings. The van der Waals surface area contributed by atoms with Crippen LogP contribution < -0.4 is 21.5 Å². The van der Waals surface area contributed by atoms with E-state index in [1.165, 1.54) is 10.8 Å². The minimum Gasteiger partial charge on any atom is -0.444 e. The van der Waals surface area contributed by atoms with Gasteiger partial charge in [0.2, 0.25) is 5.95 Å². The van der Waals surface area contributed by atoms with E-state index in [9.17, 15) is 19.6 Å². The van der Waals surface area contributed by atoms with Gasteiger partial charge in [0.15, 0.2) is 11.2 Å². The third-order valence-electron chi connectivity index (χ3n) is 6.33. The molecule has 0 bridgehead atoms. The van der Waals surface area contributed by atoms with Crippen LogP contribution in [0.1, 0.15) is 51.8 Å². The Balaban J connectivity index is 1.76. The monoisotopic (exact) mass is 532 g/mol. The quantitative estimate of drug-likeness (QED) is 0.490. The predicted molar refractivity (Wildman–Crippen MR) is 145 cm³/mol. The molecule has 1 atom stereocenters. The Morgan fingerprint density at radius 2 is 2.05 bits per heavy atom. The highest BCUT2D eigenvalue weighted by molar-refractivity contribution is 5.75. The van der Waals surface area contributed by atoms with Crippen LogP contribution in [0.5, 0.6) is 0 Å². The van der Waals surface area contributed by atoms with Crippen molar-refractivity contribution in [2.75, 3.05) is 18.0 Å². The predicted octanol–water partition coefficient (Wildman–Crippen LogP) is 1.73. The van der Waals surface area contributed by atoms with Crippen LogP contribution in [-0.4, -0.2) is 54.5 Å². The number of nitriles is 1. The zero-order chi connectivity index (χ0) is 28.3. The van der Waals surface area contributed by atoms with Crippen molar-refractivity contribution in [2.45, 2.75) is 65.3 Å². The van der Waals surface area contributed by atoms with Gasteiger partial charge in [0.05, 0.1) is 13.1 Å². The number of carbonyl (C=O) groups excluding carboxylic acids is 1. The molecule has 12 heteroatoms. The van der Waals surface area contributed by atoms with Crippen LogP contribution in [0.3, 0.4) is 0 Å². The number of hydrogen-bond donors (Lipinski definition) is 1. The fraction of sp³-hybridized carbons (Fsp3) is 0.481. The SMILES string of the molecule is CC#CCn1c(N2CCC[C@@H](NC(=O)OC(C)(C)C)C2)nc2c1c(=O)n(Cc1ccnc(C#N)c1)c(=O)n2C. The second kappa shape index (κ2) is 11.0. The highest BCUT2D eigenvalue weighted by Gasteiger charge is 2.29. The van der Waals surface area contributed by atoms with Crippen LogP contribution in [0, 0.1) is 23.2 Å². The highest BCUT2D eigenvalue weighted by atomic mass is 16.6. The molecule has 1 saturated heterocycles. The van der Waals surface area contributed by atoms with E-state index in [1.54, 1.807) is 30.7 Å². The third kappa shape index (κ3) is 5.96. The second-order valence-electron chi connectivity index (χ2n) is 10.4. The van der Waals surface area contributed by atoms with Crippen molar-refractivity contribution in [1.29, 1.82) is 5.26 Å². The van der Waals surface area contributed by atoms with Crippen LogP contribution in [0.25, 0.3) is 11.2 Å². The lowest BCUT2D eigenvalue weighted by molar-refractivity contribution is 0.0499. The molecule has 0 unspecified atom stereocenters. The first-order valence-electron chi connectivity index (χ1n) is 12.7. The molecule has 1 amide bonds. The van der Waals surface area contributed by atoms with E-state index >= 15 is 0 Å². The van der Waals surface area contributed by atoms with Gasteiger partial charge < -0.3 is 15.0 Å². The molecule has 3 aromatic heterocycles. The number of anilines is 1. The lowest BCUT2D eigenvalue weighted by Crippen LogP contribution is -2.49. The van der Waals surface area contributed by atoms with Crippen molar-refractivity contribution >= 4 is 23.2 Å². The number of rotatable bonds is 5. The van der Waals surface area contributed by atoms with Gasteiger partial charge in [-0.05, 0) is 58.2 Å². The van der Waals surface area contributed by atoms with E-state index in [0.29, 0.717) is 24.6 Å². The molecule has 4 rings (SSSR count). The molecular formula is C27H32N8O4. The maximum Gasteiger partial charge on any atom is 0.407 e. The van der Waals surface area contributed by atoms with E-state index in [0.717, 1.165) is 17.4 Å². The van der Waals surface area contributed by atoms with Gasteiger partial charge in [-0.2, -0.15) is 10.2 Å². The number of imidazole rings is 1. The normalized spacial score (nSPS) is 15.4. The van der Waals surface area contributed by atoms with E-state index in [1.807, 2.05) is 31.7 Å². The average Bonchev–Trinajstić information content (AvgIpc) is 3.27. The fourth-order valence-corrected chi connectivity index (χ4v) is 4.62. The van der Waals surface area contributed by atoms with Gasteiger partial charge in [-0.1, -0.05) is 5.92 Å². The summed E-state index contributed by atoms with van der Waals surface area (Å²) in [4.78, 5) is 50.1. The number of alkyl carbamates (subject to hydrolysis) is 1. The molecule has 0 radical (unpaired) electrons. The number of carbonyl (C=O) groups is 1. The van der Waals surface area contributed by atoms with Crippen LogP contribution in [0.15, 0.2) is 27.9 Å². The minimum absolute atomic E-state index is 0.0236. The van der Waals surface area contributed by atoms with Gasteiger partial charge in [-0.15, -0.1) is 5.92 Å². The fourth-order valence-electron chi connectivity index (χ4n) is 4.62. The van der Waals surface area contributed by atoms with Crippen molar-refractivity contribution in [1.82, 2.24) is 29.0 Å². The average molecular weight is 533 g/mol. The zero-order valence-electron chi connectivity index (χ0n) is 22.8. The second-order valence-corrected chi connectivity index (χ2v) is 10.4. The summed E-state index contributed by atoms with van der Waals surface area (Å²) >= 11 is 0. The first-order chi connectivity index (χ1) is 18.5. The van der Waals surface area contributed by atoms with Gasteiger partial charge in [0.25, 0.3) is 5.56 Å². The summed E-state index contributed by atoms with van der Waals surface area (Å²) in [7, 11) is 1.57. The van der Waals surface area contributed by atoms with Crippen molar-refractivity contribution < 1.29 is 9.53 Å². The van der Waals surface area contributed by atoms with Crippen LogP contribution in [0.4, 0.5) is 10.7 Å². The van der Waals surface area contributed by atoms with Gasteiger partial charge in [0.1, 0.15) is 17.4 Å². The Hall–Kier alpha value is -4.58. The van der Waals surface area contributed by atoms with Crippen LogP contribution >= 0.6 is 0 Å². The molecule has 39 heavy (non-hydrogen) atoms. The van der Waals surface area contributed by atoms with E-state index in [4.69, 9.17) is 9.72 Å².